The lowest BCUT2D eigenvalue weighted by atomic mass is 10.1. The number of carbonyl (C=O) groups is 1. The van der Waals surface area contributed by atoms with Crippen molar-refractivity contribution in [3.63, 3.8) is 0 Å². The predicted molar refractivity (Wildman–Crippen MR) is 72.3 cm³/mol. The molecule has 5 heteroatoms. The van der Waals surface area contributed by atoms with Gasteiger partial charge in [0.05, 0.1) is 6.04 Å². The number of rotatable bonds is 7. The van der Waals surface area contributed by atoms with Crippen LogP contribution in [-0.2, 0) is 4.79 Å². The number of hydrogen-bond acceptors (Lipinski definition) is 4. The number of carbonyl (C=O) groups excluding carboxylic acids is 1. The first-order valence-electron chi connectivity index (χ1n) is 7.10. The van der Waals surface area contributed by atoms with Crippen molar-refractivity contribution in [3.8, 4) is 0 Å². The summed E-state index contributed by atoms with van der Waals surface area (Å²) in [6.45, 7) is 6.87. The van der Waals surface area contributed by atoms with Crippen molar-refractivity contribution in [1.82, 2.24) is 15.1 Å². The van der Waals surface area contributed by atoms with Crippen LogP contribution in [0.2, 0.25) is 0 Å². The van der Waals surface area contributed by atoms with E-state index in [1.165, 1.54) is 32.5 Å². The van der Waals surface area contributed by atoms with E-state index in [4.69, 9.17) is 5.73 Å². The number of amides is 1. The Kier molecular flexibility index (Phi) is 4.97. The van der Waals surface area contributed by atoms with Gasteiger partial charge in [-0.3, -0.25) is 4.79 Å². The minimum absolute atomic E-state index is 0.186. The number of nitrogens with two attached hydrogens (primary N) is 1. The lowest BCUT2D eigenvalue weighted by Crippen LogP contribution is -2.49. The van der Waals surface area contributed by atoms with Gasteiger partial charge in [-0.15, -0.1) is 0 Å². The number of nitrogens with zero attached hydrogens (tertiary/aromatic N) is 2. The van der Waals surface area contributed by atoms with Gasteiger partial charge in [0.2, 0.25) is 5.91 Å². The Morgan fingerprint density at radius 2 is 1.89 bits per heavy atom. The van der Waals surface area contributed by atoms with Crippen LogP contribution in [0.15, 0.2) is 0 Å². The first kappa shape index (κ1) is 13.8. The summed E-state index contributed by atoms with van der Waals surface area (Å²) in [6.07, 6.45) is 3.68. The van der Waals surface area contributed by atoms with Gasteiger partial charge in [0.1, 0.15) is 0 Å². The average molecular weight is 254 g/mol. The Bertz CT molecular complexity index is 272. The van der Waals surface area contributed by atoms with Crippen LogP contribution in [0.1, 0.15) is 19.3 Å². The minimum Gasteiger partial charge on any atom is -0.368 e. The second-order valence-electron chi connectivity index (χ2n) is 5.62. The van der Waals surface area contributed by atoms with E-state index in [0.717, 1.165) is 32.0 Å². The summed E-state index contributed by atoms with van der Waals surface area (Å²) in [5.41, 5.74) is 5.32. The third-order valence-corrected chi connectivity index (χ3v) is 4.10. The van der Waals surface area contributed by atoms with Gasteiger partial charge in [-0.2, -0.15) is 0 Å². The Hall–Kier alpha value is -0.650. The van der Waals surface area contributed by atoms with Crippen molar-refractivity contribution >= 4 is 5.91 Å². The Morgan fingerprint density at radius 3 is 2.39 bits per heavy atom. The largest absolute Gasteiger partial charge is 0.368 e. The maximum absolute atomic E-state index is 11.1. The average Bonchev–Trinajstić information content (AvgIpc) is 3.15. The van der Waals surface area contributed by atoms with Crippen molar-refractivity contribution in [2.24, 2.45) is 11.7 Å². The summed E-state index contributed by atoms with van der Waals surface area (Å²) < 4.78 is 0. The van der Waals surface area contributed by atoms with E-state index in [1.807, 2.05) is 0 Å². The first-order valence-corrected chi connectivity index (χ1v) is 7.10. The molecule has 5 nitrogen and oxygen atoms in total. The van der Waals surface area contributed by atoms with Gasteiger partial charge in [0.15, 0.2) is 0 Å². The summed E-state index contributed by atoms with van der Waals surface area (Å²) in [7, 11) is 1.79. The Labute approximate surface area is 110 Å². The van der Waals surface area contributed by atoms with Crippen molar-refractivity contribution < 1.29 is 4.79 Å². The van der Waals surface area contributed by atoms with E-state index in [9.17, 15) is 4.79 Å². The van der Waals surface area contributed by atoms with E-state index >= 15 is 0 Å². The number of hydrogen-bond donors (Lipinski definition) is 2. The summed E-state index contributed by atoms with van der Waals surface area (Å²) in [4.78, 5) is 16.1. The van der Waals surface area contributed by atoms with Crippen molar-refractivity contribution in [2.75, 3.05) is 46.3 Å². The molecule has 0 aromatic heterocycles. The zero-order valence-corrected chi connectivity index (χ0v) is 11.4. The van der Waals surface area contributed by atoms with Crippen LogP contribution in [0, 0.1) is 5.92 Å². The molecule has 2 aliphatic rings. The molecule has 1 saturated carbocycles. The summed E-state index contributed by atoms with van der Waals surface area (Å²) in [5, 5.41) is 2.97. The van der Waals surface area contributed by atoms with Crippen LogP contribution < -0.4 is 11.1 Å². The SMILES string of the molecule is CNC(CCN1CCN(CC2CC2)CC1)C(N)=O. The quantitative estimate of drug-likeness (QED) is 0.642. The van der Waals surface area contributed by atoms with Gasteiger partial charge in [-0.1, -0.05) is 0 Å². The normalized spacial score (nSPS) is 24.1. The topological polar surface area (TPSA) is 61.6 Å². The molecule has 0 aromatic rings. The standard InChI is InChI=1S/C13H26N4O/c1-15-12(13(14)18)4-5-16-6-8-17(9-7-16)10-11-2-3-11/h11-12,15H,2-10H2,1H3,(H2,14,18). The highest BCUT2D eigenvalue weighted by Gasteiger charge is 2.26. The molecule has 1 unspecified atom stereocenters. The molecule has 1 aliphatic heterocycles. The molecular weight excluding hydrogens is 228 g/mol. The molecule has 2 rings (SSSR count). The molecule has 1 saturated heterocycles. The second kappa shape index (κ2) is 6.50. The fourth-order valence-electron chi connectivity index (χ4n) is 2.60. The minimum atomic E-state index is -0.245. The highest BCUT2D eigenvalue weighted by Crippen LogP contribution is 2.29. The summed E-state index contributed by atoms with van der Waals surface area (Å²) in [6, 6.07) is -0.186. The van der Waals surface area contributed by atoms with Gasteiger partial charge in [-0.05, 0) is 32.2 Å². The van der Waals surface area contributed by atoms with Gasteiger partial charge in [0.25, 0.3) is 0 Å². The zero-order valence-electron chi connectivity index (χ0n) is 11.4. The number of piperazine rings is 1. The zero-order chi connectivity index (χ0) is 13.0. The molecule has 2 fully saturated rings. The molecule has 0 spiro atoms. The molecule has 1 aliphatic carbocycles. The van der Waals surface area contributed by atoms with E-state index in [1.54, 1.807) is 7.05 Å². The van der Waals surface area contributed by atoms with Crippen LogP contribution >= 0.6 is 0 Å². The van der Waals surface area contributed by atoms with Gasteiger partial charge >= 0.3 is 0 Å². The second-order valence-corrected chi connectivity index (χ2v) is 5.62. The molecule has 3 N–H and O–H groups in total. The molecule has 0 aromatic carbocycles. The number of nitrogens with one attached hydrogen (secondary N) is 1. The summed E-state index contributed by atoms with van der Waals surface area (Å²) >= 11 is 0. The number of primary amides is 1. The van der Waals surface area contributed by atoms with E-state index in [2.05, 4.69) is 15.1 Å². The fourth-order valence-corrected chi connectivity index (χ4v) is 2.60. The Morgan fingerprint density at radius 1 is 1.28 bits per heavy atom. The maximum atomic E-state index is 11.1. The smallest absolute Gasteiger partial charge is 0.234 e. The third-order valence-electron chi connectivity index (χ3n) is 4.10. The maximum Gasteiger partial charge on any atom is 0.234 e. The van der Waals surface area contributed by atoms with Crippen LogP contribution in [0.4, 0.5) is 0 Å². The van der Waals surface area contributed by atoms with Crippen molar-refractivity contribution in [3.05, 3.63) is 0 Å². The van der Waals surface area contributed by atoms with Crippen molar-refractivity contribution in [2.45, 2.75) is 25.3 Å². The molecule has 1 atom stereocenters. The van der Waals surface area contributed by atoms with Gasteiger partial charge in [-0.25, -0.2) is 0 Å². The van der Waals surface area contributed by atoms with Crippen LogP contribution in [-0.4, -0.2) is 68.1 Å². The van der Waals surface area contributed by atoms with Gasteiger partial charge < -0.3 is 20.9 Å². The Balaban J connectivity index is 1.61. The van der Waals surface area contributed by atoms with E-state index in [0.29, 0.717) is 0 Å². The first-order chi connectivity index (χ1) is 8.69. The number of likely N-dealkylation sites (N-methyl/N-ethyl adjacent to an activating group) is 1. The highest BCUT2D eigenvalue weighted by atomic mass is 16.1. The molecule has 18 heavy (non-hydrogen) atoms. The van der Waals surface area contributed by atoms with Crippen LogP contribution in [0.5, 0.6) is 0 Å². The monoisotopic (exact) mass is 254 g/mol. The van der Waals surface area contributed by atoms with E-state index in [-0.39, 0.29) is 11.9 Å². The molecule has 104 valence electrons. The van der Waals surface area contributed by atoms with E-state index < -0.39 is 0 Å². The highest BCUT2D eigenvalue weighted by molar-refractivity contribution is 5.79. The van der Waals surface area contributed by atoms with Crippen LogP contribution in [0.25, 0.3) is 0 Å². The lowest BCUT2D eigenvalue weighted by Gasteiger charge is -2.35. The third kappa shape index (κ3) is 4.23. The summed E-state index contributed by atoms with van der Waals surface area (Å²) in [5.74, 6) is 0.741. The molecule has 1 heterocycles. The van der Waals surface area contributed by atoms with Gasteiger partial charge in [0, 0.05) is 39.3 Å². The molecule has 0 radical (unpaired) electrons. The molecule has 0 bridgehead atoms. The molecular formula is C13H26N4O. The van der Waals surface area contributed by atoms with Crippen LogP contribution in [0.3, 0.4) is 0 Å². The van der Waals surface area contributed by atoms with Crippen molar-refractivity contribution in [1.29, 1.82) is 0 Å². The lowest BCUT2D eigenvalue weighted by molar-refractivity contribution is -0.120. The fraction of sp³-hybridized carbons (Fsp3) is 0.923. The predicted octanol–water partition coefficient (Wildman–Crippen LogP) is -0.523. The molecule has 1 amide bonds.